The second kappa shape index (κ2) is 5.82. The van der Waals surface area contributed by atoms with E-state index in [9.17, 15) is 0 Å². The molecule has 0 saturated carbocycles. The SMILES string of the molecule is CCC(CC)(CNc1nc2c(C)cccn2n1)SC. The molecule has 0 aliphatic heterocycles. The fraction of sp³-hybridized carbons (Fsp3) is 0.571. The van der Waals surface area contributed by atoms with E-state index in [-0.39, 0.29) is 4.75 Å². The average molecular weight is 278 g/mol. The zero-order chi connectivity index (χ0) is 13.9. The van der Waals surface area contributed by atoms with Crippen molar-refractivity contribution in [3.8, 4) is 0 Å². The van der Waals surface area contributed by atoms with Crippen LogP contribution in [0.1, 0.15) is 32.3 Å². The van der Waals surface area contributed by atoms with Gasteiger partial charge in [-0.05, 0) is 37.7 Å². The quantitative estimate of drug-likeness (QED) is 0.879. The van der Waals surface area contributed by atoms with E-state index in [1.807, 2.05) is 28.5 Å². The number of hydrogen-bond donors (Lipinski definition) is 1. The summed E-state index contributed by atoms with van der Waals surface area (Å²) in [5.74, 6) is 0.717. The summed E-state index contributed by atoms with van der Waals surface area (Å²) in [5, 5.41) is 7.86. The maximum atomic E-state index is 4.55. The second-order valence-corrected chi connectivity index (χ2v) is 6.12. The molecule has 104 valence electrons. The molecule has 0 amide bonds. The van der Waals surface area contributed by atoms with Crippen molar-refractivity contribution in [1.29, 1.82) is 0 Å². The van der Waals surface area contributed by atoms with Gasteiger partial charge in [0.25, 0.3) is 0 Å². The molecule has 0 spiro atoms. The van der Waals surface area contributed by atoms with Crippen molar-refractivity contribution in [3.63, 3.8) is 0 Å². The molecule has 2 aromatic heterocycles. The Balaban J connectivity index is 2.16. The number of hydrogen-bond acceptors (Lipinski definition) is 4. The van der Waals surface area contributed by atoms with Crippen LogP contribution in [0.2, 0.25) is 0 Å². The lowest BCUT2D eigenvalue weighted by Gasteiger charge is -2.29. The van der Waals surface area contributed by atoms with Gasteiger partial charge in [0.05, 0.1) is 0 Å². The van der Waals surface area contributed by atoms with E-state index in [1.54, 1.807) is 0 Å². The van der Waals surface area contributed by atoms with Gasteiger partial charge in [-0.2, -0.15) is 16.7 Å². The molecular formula is C14H22N4S. The summed E-state index contributed by atoms with van der Waals surface area (Å²) >= 11 is 1.92. The highest BCUT2D eigenvalue weighted by atomic mass is 32.2. The van der Waals surface area contributed by atoms with Crippen LogP contribution in [-0.2, 0) is 0 Å². The number of thioether (sulfide) groups is 1. The van der Waals surface area contributed by atoms with Gasteiger partial charge >= 0.3 is 0 Å². The molecule has 0 saturated heterocycles. The van der Waals surface area contributed by atoms with E-state index < -0.39 is 0 Å². The van der Waals surface area contributed by atoms with Gasteiger partial charge in [-0.25, -0.2) is 4.52 Å². The molecule has 19 heavy (non-hydrogen) atoms. The van der Waals surface area contributed by atoms with Gasteiger partial charge in [-0.3, -0.25) is 0 Å². The minimum atomic E-state index is 0.270. The highest BCUT2D eigenvalue weighted by molar-refractivity contribution is 8.00. The molecule has 0 aliphatic rings. The van der Waals surface area contributed by atoms with E-state index >= 15 is 0 Å². The summed E-state index contributed by atoms with van der Waals surface area (Å²) < 4.78 is 2.10. The van der Waals surface area contributed by atoms with Crippen LogP contribution >= 0.6 is 11.8 Å². The van der Waals surface area contributed by atoms with Crippen LogP contribution in [0.15, 0.2) is 18.3 Å². The lowest BCUT2D eigenvalue weighted by molar-refractivity contribution is 0.573. The number of anilines is 1. The summed E-state index contributed by atoms with van der Waals surface area (Å²) in [7, 11) is 0. The van der Waals surface area contributed by atoms with Crippen molar-refractivity contribution in [1.82, 2.24) is 14.6 Å². The van der Waals surface area contributed by atoms with Crippen molar-refractivity contribution in [2.45, 2.75) is 38.4 Å². The molecule has 0 radical (unpaired) electrons. The maximum Gasteiger partial charge on any atom is 0.243 e. The monoisotopic (exact) mass is 278 g/mol. The summed E-state index contributed by atoms with van der Waals surface area (Å²) in [6.07, 6.45) is 6.39. The molecule has 2 rings (SSSR count). The minimum absolute atomic E-state index is 0.270. The molecule has 0 bridgehead atoms. The highest BCUT2D eigenvalue weighted by Gasteiger charge is 2.25. The van der Waals surface area contributed by atoms with Crippen LogP contribution in [0.4, 0.5) is 5.95 Å². The average Bonchev–Trinajstić information content (AvgIpc) is 2.86. The molecule has 0 unspecified atom stereocenters. The van der Waals surface area contributed by atoms with E-state index in [4.69, 9.17) is 0 Å². The van der Waals surface area contributed by atoms with Gasteiger partial charge < -0.3 is 5.32 Å². The lowest BCUT2D eigenvalue weighted by Crippen LogP contribution is -2.32. The van der Waals surface area contributed by atoms with Crippen LogP contribution in [0.25, 0.3) is 5.65 Å². The van der Waals surface area contributed by atoms with Crippen molar-refractivity contribution in [3.05, 3.63) is 23.9 Å². The van der Waals surface area contributed by atoms with Gasteiger partial charge in [-0.1, -0.05) is 19.9 Å². The zero-order valence-corrected chi connectivity index (χ0v) is 12.9. The molecule has 4 nitrogen and oxygen atoms in total. The molecular weight excluding hydrogens is 256 g/mol. The number of aromatic nitrogens is 3. The van der Waals surface area contributed by atoms with Gasteiger partial charge in [0.2, 0.25) is 5.95 Å². The Labute approximate surface area is 119 Å². The Morgan fingerprint density at radius 2 is 2.11 bits per heavy atom. The first-order chi connectivity index (χ1) is 9.14. The number of pyridine rings is 1. The van der Waals surface area contributed by atoms with Crippen LogP contribution in [0.3, 0.4) is 0 Å². The Hall–Kier alpha value is -1.23. The summed E-state index contributed by atoms with van der Waals surface area (Å²) in [5.41, 5.74) is 2.07. The predicted molar refractivity (Wildman–Crippen MR) is 83.0 cm³/mol. The lowest BCUT2D eigenvalue weighted by atomic mass is 10.0. The van der Waals surface area contributed by atoms with E-state index in [2.05, 4.69) is 48.5 Å². The van der Waals surface area contributed by atoms with Crippen LogP contribution in [0.5, 0.6) is 0 Å². The van der Waals surface area contributed by atoms with Crippen LogP contribution < -0.4 is 5.32 Å². The molecule has 0 fully saturated rings. The first kappa shape index (κ1) is 14.2. The van der Waals surface area contributed by atoms with E-state index in [0.29, 0.717) is 0 Å². The maximum absolute atomic E-state index is 4.55. The third-order valence-corrected chi connectivity index (χ3v) is 5.44. The molecule has 0 aliphatic carbocycles. The van der Waals surface area contributed by atoms with Gasteiger partial charge in [0, 0.05) is 17.5 Å². The number of aryl methyl sites for hydroxylation is 1. The normalized spacial score (nSPS) is 12.0. The highest BCUT2D eigenvalue weighted by Crippen LogP contribution is 2.30. The Morgan fingerprint density at radius 3 is 2.68 bits per heavy atom. The fourth-order valence-electron chi connectivity index (χ4n) is 2.22. The first-order valence-corrected chi connectivity index (χ1v) is 7.97. The number of fused-ring (bicyclic) bond motifs is 1. The van der Waals surface area contributed by atoms with Crippen molar-refractivity contribution in [2.75, 3.05) is 18.1 Å². The van der Waals surface area contributed by atoms with Crippen molar-refractivity contribution in [2.24, 2.45) is 0 Å². The summed E-state index contributed by atoms with van der Waals surface area (Å²) in [6, 6.07) is 4.04. The third kappa shape index (κ3) is 2.86. The Bertz CT molecular complexity index is 537. The number of rotatable bonds is 6. The first-order valence-electron chi connectivity index (χ1n) is 6.75. The minimum Gasteiger partial charge on any atom is -0.352 e. The van der Waals surface area contributed by atoms with E-state index in [0.717, 1.165) is 36.5 Å². The molecule has 1 N–H and O–H groups in total. The fourth-order valence-corrected chi connectivity index (χ4v) is 3.01. The molecule has 0 atom stereocenters. The molecule has 2 aromatic rings. The number of nitrogens with zero attached hydrogens (tertiary/aromatic N) is 3. The standard InChI is InChI=1S/C14H22N4S/c1-5-14(6-2,19-4)10-15-13-16-12-11(3)8-7-9-18(12)17-13/h7-9H,5-6,10H2,1-4H3,(H,15,17). The van der Waals surface area contributed by atoms with Gasteiger partial charge in [-0.15, -0.1) is 5.10 Å². The number of nitrogens with one attached hydrogen (secondary N) is 1. The van der Waals surface area contributed by atoms with Gasteiger partial charge in [0.1, 0.15) is 0 Å². The summed E-state index contributed by atoms with van der Waals surface area (Å²) in [4.78, 5) is 4.55. The Morgan fingerprint density at radius 1 is 1.37 bits per heavy atom. The van der Waals surface area contributed by atoms with Crippen LogP contribution in [0, 0.1) is 6.92 Å². The summed E-state index contributed by atoms with van der Waals surface area (Å²) in [6.45, 7) is 7.43. The van der Waals surface area contributed by atoms with Gasteiger partial charge in [0.15, 0.2) is 5.65 Å². The second-order valence-electron chi connectivity index (χ2n) is 4.84. The molecule has 5 heteroatoms. The largest absolute Gasteiger partial charge is 0.352 e. The molecule has 0 aromatic carbocycles. The van der Waals surface area contributed by atoms with Crippen molar-refractivity contribution >= 4 is 23.4 Å². The predicted octanol–water partition coefficient (Wildman–Crippen LogP) is 3.37. The van der Waals surface area contributed by atoms with E-state index in [1.165, 1.54) is 0 Å². The topological polar surface area (TPSA) is 42.2 Å². The smallest absolute Gasteiger partial charge is 0.243 e. The van der Waals surface area contributed by atoms with Crippen molar-refractivity contribution < 1.29 is 0 Å². The molecule has 2 heterocycles. The third-order valence-electron chi connectivity index (χ3n) is 3.85. The van der Waals surface area contributed by atoms with Crippen LogP contribution in [-0.4, -0.2) is 32.1 Å². The zero-order valence-electron chi connectivity index (χ0n) is 12.1. The Kier molecular flexibility index (Phi) is 4.34.